The fraction of sp³-hybridized carbons (Fsp3) is 0.353. The molecule has 0 saturated carbocycles. The number of piperidine rings is 1. The number of furan rings is 1. The molecule has 2 N–H and O–H groups in total. The van der Waals surface area contributed by atoms with E-state index in [1.807, 2.05) is 6.92 Å². The number of amides is 4. The van der Waals surface area contributed by atoms with Gasteiger partial charge in [-0.1, -0.05) is 11.6 Å². The van der Waals surface area contributed by atoms with Crippen molar-refractivity contribution in [2.24, 2.45) is 0 Å². The van der Waals surface area contributed by atoms with E-state index in [1.54, 1.807) is 23.1 Å². The number of likely N-dealkylation sites (tertiary alicyclic amines) is 1. The van der Waals surface area contributed by atoms with Crippen molar-refractivity contribution in [3.05, 3.63) is 34.5 Å². The average Bonchev–Trinajstić information content (AvgIpc) is 3.05. The maximum Gasteiger partial charge on any atom is 0.322 e. The molecular formula is C17H16ClN3O4. The Hall–Kier alpha value is -2.54. The molecule has 2 aromatic rings. The number of nitrogens with zero attached hydrogens (tertiary/aromatic N) is 1. The number of hydrogen-bond donors (Lipinski definition) is 2. The molecule has 0 aliphatic carbocycles. The fourth-order valence-electron chi connectivity index (χ4n) is 3.51. The second-order valence-electron chi connectivity index (χ2n) is 6.48. The molecule has 1 aromatic carbocycles. The van der Waals surface area contributed by atoms with Crippen LogP contribution in [0.4, 0.5) is 4.79 Å². The number of fused-ring (bicyclic) bond motifs is 1. The summed E-state index contributed by atoms with van der Waals surface area (Å²) in [7, 11) is 0. The van der Waals surface area contributed by atoms with Gasteiger partial charge in [0.25, 0.3) is 11.8 Å². The van der Waals surface area contributed by atoms with Crippen LogP contribution in [-0.4, -0.2) is 41.4 Å². The lowest BCUT2D eigenvalue weighted by atomic mass is 9.87. The molecule has 2 saturated heterocycles. The minimum Gasteiger partial charge on any atom is -0.451 e. The highest BCUT2D eigenvalue weighted by molar-refractivity contribution is 6.31. The van der Waals surface area contributed by atoms with E-state index in [2.05, 4.69) is 10.6 Å². The first kappa shape index (κ1) is 16.0. The van der Waals surface area contributed by atoms with Crippen molar-refractivity contribution in [1.82, 2.24) is 15.5 Å². The van der Waals surface area contributed by atoms with Gasteiger partial charge in [0.2, 0.25) is 0 Å². The number of rotatable bonds is 1. The molecule has 130 valence electrons. The van der Waals surface area contributed by atoms with Crippen LogP contribution in [0.15, 0.2) is 22.6 Å². The Morgan fingerprint density at radius 2 is 2.00 bits per heavy atom. The van der Waals surface area contributed by atoms with Crippen molar-refractivity contribution in [2.45, 2.75) is 25.3 Å². The summed E-state index contributed by atoms with van der Waals surface area (Å²) in [6.07, 6.45) is 0.753. The Kier molecular flexibility index (Phi) is 3.50. The van der Waals surface area contributed by atoms with Crippen LogP contribution in [0.2, 0.25) is 5.02 Å². The molecule has 25 heavy (non-hydrogen) atoms. The van der Waals surface area contributed by atoms with Crippen molar-refractivity contribution in [2.75, 3.05) is 13.1 Å². The molecule has 4 amide bonds. The lowest BCUT2D eigenvalue weighted by Gasteiger charge is -2.36. The number of halogens is 1. The van der Waals surface area contributed by atoms with Gasteiger partial charge in [-0.25, -0.2) is 4.79 Å². The molecule has 2 fully saturated rings. The second-order valence-corrected chi connectivity index (χ2v) is 6.92. The van der Waals surface area contributed by atoms with Crippen LogP contribution in [0, 0.1) is 6.92 Å². The zero-order valence-corrected chi connectivity index (χ0v) is 14.3. The molecule has 8 heteroatoms. The highest BCUT2D eigenvalue weighted by atomic mass is 35.5. The number of urea groups is 1. The Morgan fingerprint density at radius 1 is 1.28 bits per heavy atom. The number of nitrogens with one attached hydrogen (secondary N) is 2. The van der Waals surface area contributed by atoms with Crippen molar-refractivity contribution in [1.29, 1.82) is 0 Å². The van der Waals surface area contributed by atoms with Crippen LogP contribution in [0.5, 0.6) is 0 Å². The normalized spacial score (nSPS) is 19.4. The van der Waals surface area contributed by atoms with Gasteiger partial charge in [-0.2, -0.15) is 0 Å². The predicted molar refractivity (Wildman–Crippen MR) is 90.5 cm³/mol. The van der Waals surface area contributed by atoms with Crippen molar-refractivity contribution in [3.63, 3.8) is 0 Å². The summed E-state index contributed by atoms with van der Waals surface area (Å²) in [6.45, 7) is 2.55. The van der Waals surface area contributed by atoms with Gasteiger partial charge in [0.1, 0.15) is 11.1 Å². The Morgan fingerprint density at radius 3 is 2.64 bits per heavy atom. The molecular weight excluding hydrogens is 346 g/mol. The standard InChI is InChI=1S/C17H16ClN3O4/c1-9-11-8-10(18)2-3-12(11)25-13(9)14(22)21-6-4-17(5-7-21)15(23)19-16(24)20-17/h2-3,8H,4-7H2,1H3,(H2,19,20,23,24). The van der Waals surface area contributed by atoms with Gasteiger partial charge in [-0.3, -0.25) is 14.9 Å². The van der Waals surface area contributed by atoms with Gasteiger partial charge < -0.3 is 14.6 Å². The first-order valence-corrected chi connectivity index (χ1v) is 8.39. The SMILES string of the molecule is Cc1c(C(=O)N2CCC3(CC2)NC(=O)NC3=O)oc2ccc(Cl)cc12. The monoisotopic (exact) mass is 361 g/mol. The largest absolute Gasteiger partial charge is 0.451 e. The van der Waals surface area contributed by atoms with Crippen molar-refractivity contribution >= 4 is 40.4 Å². The third-order valence-corrected chi connectivity index (χ3v) is 5.25. The maximum absolute atomic E-state index is 12.8. The molecule has 2 aliphatic heterocycles. The van der Waals surface area contributed by atoms with Crippen molar-refractivity contribution in [3.8, 4) is 0 Å². The molecule has 2 aliphatic rings. The number of hydrogen-bond acceptors (Lipinski definition) is 4. The third kappa shape index (κ3) is 2.46. The lowest BCUT2D eigenvalue weighted by molar-refractivity contribution is -0.125. The lowest BCUT2D eigenvalue weighted by Crippen LogP contribution is -2.55. The second kappa shape index (κ2) is 5.49. The minimum absolute atomic E-state index is 0.218. The third-order valence-electron chi connectivity index (χ3n) is 5.01. The maximum atomic E-state index is 12.8. The molecule has 0 bridgehead atoms. The summed E-state index contributed by atoms with van der Waals surface area (Å²) >= 11 is 6.01. The quantitative estimate of drug-likeness (QED) is 0.762. The van der Waals surface area contributed by atoms with E-state index in [4.69, 9.17) is 16.0 Å². The van der Waals surface area contributed by atoms with Gasteiger partial charge in [0, 0.05) is 29.1 Å². The van der Waals surface area contributed by atoms with E-state index in [-0.39, 0.29) is 17.6 Å². The summed E-state index contributed by atoms with van der Waals surface area (Å²) in [6, 6.07) is 4.75. The number of carbonyl (C=O) groups is 3. The summed E-state index contributed by atoms with van der Waals surface area (Å²) in [5.41, 5.74) is 0.459. The Bertz CT molecular complexity index is 912. The van der Waals surface area contributed by atoms with E-state index in [0.717, 1.165) is 10.9 Å². The summed E-state index contributed by atoms with van der Waals surface area (Å²) in [4.78, 5) is 37.9. The topological polar surface area (TPSA) is 91.7 Å². The highest BCUT2D eigenvalue weighted by Gasteiger charge is 2.48. The predicted octanol–water partition coefficient (Wildman–Crippen LogP) is 2.21. The number of benzene rings is 1. The zero-order chi connectivity index (χ0) is 17.8. The Labute approximate surface area is 148 Å². The molecule has 7 nitrogen and oxygen atoms in total. The van der Waals surface area contributed by atoms with Gasteiger partial charge in [-0.15, -0.1) is 0 Å². The molecule has 0 radical (unpaired) electrons. The van der Waals surface area contributed by atoms with E-state index in [1.165, 1.54) is 0 Å². The summed E-state index contributed by atoms with van der Waals surface area (Å²) in [5, 5.41) is 6.34. The van der Waals surface area contributed by atoms with Crippen LogP contribution >= 0.6 is 11.6 Å². The van der Waals surface area contributed by atoms with Crippen LogP contribution in [0.1, 0.15) is 29.0 Å². The average molecular weight is 362 g/mol. The van der Waals surface area contributed by atoms with Gasteiger partial charge >= 0.3 is 6.03 Å². The highest BCUT2D eigenvalue weighted by Crippen LogP contribution is 2.31. The smallest absolute Gasteiger partial charge is 0.322 e. The molecule has 0 atom stereocenters. The molecule has 3 heterocycles. The molecule has 1 spiro atoms. The van der Waals surface area contributed by atoms with Gasteiger partial charge in [0.05, 0.1) is 0 Å². The van der Waals surface area contributed by atoms with E-state index in [0.29, 0.717) is 36.5 Å². The van der Waals surface area contributed by atoms with Crippen LogP contribution in [0.25, 0.3) is 11.0 Å². The van der Waals surface area contributed by atoms with E-state index < -0.39 is 11.6 Å². The first-order valence-electron chi connectivity index (χ1n) is 8.01. The number of imide groups is 1. The summed E-state index contributed by atoms with van der Waals surface area (Å²) in [5.74, 6) is -0.253. The van der Waals surface area contributed by atoms with E-state index in [9.17, 15) is 14.4 Å². The van der Waals surface area contributed by atoms with Crippen molar-refractivity contribution < 1.29 is 18.8 Å². The molecule has 0 unspecified atom stereocenters. The first-order chi connectivity index (χ1) is 11.9. The summed E-state index contributed by atoms with van der Waals surface area (Å²) < 4.78 is 5.73. The Balaban J connectivity index is 1.56. The molecule has 1 aromatic heterocycles. The van der Waals surface area contributed by atoms with E-state index >= 15 is 0 Å². The van der Waals surface area contributed by atoms with Gasteiger partial charge in [0.15, 0.2) is 5.76 Å². The van der Waals surface area contributed by atoms with Crippen LogP contribution < -0.4 is 10.6 Å². The minimum atomic E-state index is -0.899. The van der Waals surface area contributed by atoms with Crippen LogP contribution in [-0.2, 0) is 4.79 Å². The molecule has 4 rings (SSSR count). The van der Waals surface area contributed by atoms with Crippen LogP contribution in [0.3, 0.4) is 0 Å². The zero-order valence-electron chi connectivity index (χ0n) is 13.5. The fourth-order valence-corrected chi connectivity index (χ4v) is 3.68. The number of carbonyl (C=O) groups excluding carboxylic acids is 3. The van der Waals surface area contributed by atoms with Gasteiger partial charge in [-0.05, 0) is 38.0 Å². The number of aryl methyl sites for hydroxylation is 1.